The second-order valence-corrected chi connectivity index (χ2v) is 2.96. The smallest absolute Gasteiger partial charge is 0.276 e. The van der Waals surface area contributed by atoms with Crippen molar-refractivity contribution in [3.8, 4) is 0 Å². The molecule has 6 heteroatoms. The highest BCUT2D eigenvalue weighted by Crippen LogP contribution is 2.15. The molecule has 0 atom stereocenters. The number of rotatable bonds is 0. The van der Waals surface area contributed by atoms with Crippen molar-refractivity contribution in [1.29, 1.82) is 0 Å². The molecule has 0 spiro atoms. The Morgan fingerprint density at radius 1 is 1.00 bits per heavy atom. The SMILES string of the molecule is O=C(SS)C(=O)SS. The van der Waals surface area contributed by atoms with E-state index in [9.17, 15) is 9.59 Å². The lowest BCUT2D eigenvalue weighted by Gasteiger charge is -1.84. The fourth-order valence-corrected chi connectivity index (χ4v) is 1.34. The van der Waals surface area contributed by atoms with Gasteiger partial charge in [0.05, 0.1) is 0 Å². The van der Waals surface area contributed by atoms with Gasteiger partial charge in [-0.1, -0.05) is 0 Å². The normalized spacial score (nSPS) is 8.75. The van der Waals surface area contributed by atoms with E-state index in [-0.39, 0.29) is 0 Å². The van der Waals surface area contributed by atoms with Crippen LogP contribution in [0.1, 0.15) is 0 Å². The largest absolute Gasteiger partial charge is 0.277 e. The van der Waals surface area contributed by atoms with Gasteiger partial charge in [-0.3, -0.25) is 9.59 Å². The Morgan fingerprint density at radius 3 is 1.38 bits per heavy atom. The zero-order chi connectivity index (χ0) is 6.57. The van der Waals surface area contributed by atoms with Gasteiger partial charge >= 0.3 is 0 Å². The topological polar surface area (TPSA) is 34.1 Å². The molecule has 0 saturated heterocycles. The molecule has 0 heterocycles. The van der Waals surface area contributed by atoms with Crippen LogP contribution in [0.3, 0.4) is 0 Å². The first kappa shape index (κ1) is 8.74. The van der Waals surface area contributed by atoms with Gasteiger partial charge in [0, 0.05) is 0 Å². The van der Waals surface area contributed by atoms with Gasteiger partial charge in [0.2, 0.25) is 0 Å². The van der Waals surface area contributed by atoms with E-state index in [4.69, 9.17) is 0 Å². The maximum atomic E-state index is 10.2. The Kier molecular flexibility index (Phi) is 5.03. The molecular weight excluding hydrogens is 184 g/mol. The summed E-state index contributed by atoms with van der Waals surface area (Å²) in [6.45, 7) is 0. The standard InChI is InChI=1S/C2H2O2S4/c3-1(7-5)2(4)8-6/h5-6H. The maximum absolute atomic E-state index is 10.2. The molecule has 0 aromatic heterocycles. The van der Waals surface area contributed by atoms with Gasteiger partial charge in [-0.15, -0.1) is 23.3 Å². The monoisotopic (exact) mass is 186 g/mol. The molecule has 0 aliphatic rings. The van der Waals surface area contributed by atoms with E-state index in [1.807, 2.05) is 0 Å². The highest BCUT2D eigenvalue weighted by Gasteiger charge is 2.10. The summed E-state index contributed by atoms with van der Waals surface area (Å²) < 4.78 is 0. The number of carbonyl (C=O) groups excluding carboxylic acids is 2. The van der Waals surface area contributed by atoms with E-state index in [1.54, 1.807) is 0 Å². The van der Waals surface area contributed by atoms with Gasteiger partial charge < -0.3 is 0 Å². The number of hydrogen-bond acceptors (Lipinski definition) is 6. The lowest BCUT2D eigenvalue weighted by atomic mass is 10.9. The van der Waals surface area contributed by atoms with Crippen molar-refractivity contribution >= 4 is 55.1 Å². The van der Waals surface area contributed by atoms with Crippen LogP contribution in [-0.4, -0.2) is 10.2 Å². The lowest BCUT2D eigenvalue weighted by molar-refractivity contribution is -0.126. The Bertz CT molecular complexity index is 96.6. The summed E-state index contributed by atoms with van der Waals surface area (Å²) in [7, 11) is 1.19. The van der Waals surface area contributed by atoms with Crippen molar-refractivity contribution in [3.05, 3.63) is 0 Å². The van der Waals surface area contributed by atoms with Gasteiger partial charge in [-0.25, -0.2) is 0 Å². The molecule has 0 aliphatic carbocycles. The van der Waals surface area contributed by atoms with Gasteiger partial charge in [0.1, 0.15) is 0 Å². The Balaban J connectivity index is 3.64. The summed E-state index contributed by atoms with van der Waals surface area (Å²) in [5, 5.41) is -1.18. The van der Waals surface area contributed by atoms with E-state index >= 15 is 0 Å². The third kappa shape index (κ3) is 2.91. The zero-order valence-corrected chi connectivity index (χ0v) is 6.95. The first-order chi connectivity index (χ1) is 3.72. The van der Waals surface area contributed by atoms with Crippen molar-refractivity contribution in [3.63, 3.8) is 0 Å². The van der Waals surface area contributed by atoms with Crippen LogP contribution >= 0.6 is 44.9 Å². The third-order valence-corrected chi connectivity index (χ3v) is 2.16. The first-order valence-electron chi connectivity index (χ1n) is 1.43. The number of thiol groups is 2. The van der Waals surface area contributed by atoms with Crippen LogP contribution in [0.4, 0.5) is 0 Å². The predicted octanol–water partition coefficient (Wildman–Crippen LogP) is 1.20. The van der Waals surface area contributed by atoms with Gasteiger partial charge in [0.15, 0.2) is 0 Å². The molecule has 2 nitrogen and oxygen atoms in total. The van der Waals surface area contributed by atoms with Crippen LogP contribution in [0.15, 0.2) is 0 Å². The molecule has 46 valence electrons. The van der Waals surface area contributed by atoms with Gasteiger partial charge in [0.25, 0.3) is 10.2 Å². The molecule has 0 fully saturated rings. The minimum atomic E-state index is -0.590. The Labute approximate surface area is 64.8 Å². The van der Waals surface area contributed by atoms with Crippen LogP contribution in [0, 0.1) is 0 Å². The van der Waals surface area contributed by atoms with Crippen molar-refractivity contribution in [2.45, 2.75) is 0 Å². The summed E-state index contributed by atoms with van der Waals surface area (Å²) >= 11 is 7.02. The Morgan fingerprint density at radius 2 is 1.25 bits per heavy atom. The fourth-order valence-electron chi connectivity index (χ4n) is 0.0745. The molecular formula is C2H2O2S4. The van der Waals surface area contributed by atoms with E-state index in [0.717, 1.165) is 0 Å². The predicted molar refractivity (Wildman–Crippen MR) is 43.2 cm³/mol. The summed E-state index contributed by atoms with van der Waals surface area (Å²) in [6, 6.07) is 0. The second-order valence-electron chi connectivity index (χ2n) is 0.757. The van der Waals surface area contributed by atoms with Crippen molar-refractivity contribution in [1.82, 2.24) is 0 Å². The van der Waals surface area contributed by atoms with Crippen LogP contribution in [0.2, 0.25) is 0 Å². The highest BCUT2D eigenvalue weighted by atomic mass is 33.1. The summed E-state index contributed by atoms with van der Waals surface area (Å²) in [5.41, 5.74) is 0. The van der Waals surface area contributed by atoms with Crippen molar-refractivity contribution in [2.75, 3.05) is 0 Å². The lowest BCUT2D eigenvalue weighted by Crippen LogP contribution is -1.99. The van der Waals surface area contributed by atoms with E-state index in [0.29, 0.717) is 21.6 Å². The van der Waals surface area contributed by atoms with Gasteiger partial charge in [-0.2, -0.15) is 0 Å². The van der Waals surface area contributed by atoms with Crippen LogP contribution in [0.5, 0.6) is 0 Å². The average Bonchev–Trinajstić information content (AvgIpc) is 1.84. The molecule has 0 rings (SSSR count). The van der Waals surface area contributed by atoms with E-state index in [1.165, 1.54) is 0 Å². The first-order valence-corrected chi connectivity index (χ1v) is 5.17. The zero-order valence-electron chi connectivity index (χ0n) is 3.53. The van der Waals surface area contributed by atoms with Crippen molar-refractivity contribution in [2.24, 2.45) is 0 Å². The summed E-state index contributed by atoms with van der Waals surface area (Å²) in [4.78, 5) is 20.4. The van der Waals surface area contributed by atoms with Crippen LogP contribution < -0.4 is 0 Å². The molecule has 0 bridgehead atoms. The second kappa shape index (κ2) is 4.60. The molecule has 0 amide bonds. The van der Waals surface area contributed by atoms with Crippen molar-refractivity contribution < 1.29 is 9.59 Å². The van der Waals surface area contributed by atoms with Crippen LogP contribution in [-0.2, 0) is 9.59 Å². The summed E-state index contributed by atoms with van der Waals surface area (Å²) in [5.74, 6) is 0. The minimum absolute atomic E-state index is 0.590. The minimum Gasteiger partial charge on any atom is -0.276 e. The van der Waals surface area contributed by atoms with E-state index in [2.05, 4.69) is 23.3 Å². The molecule has 0 aliphatic heterocycles. The van der Waals surface area contributed by atoms with Crippen LogP contribution in [0.25, 0.3) is 0 Å². The molecule has 0 saturated carbocycles. The number of carbonyl (C=O) groups is 2. The number of hydrogen-bond donors (Lipinski definition) is 2. The molecule has 0 aromatic carbocycles. The molecule has 8 heavy (non-hydrogen) atoms. The molecule has 0 aromatic rings. The van der Waals surface area contributed by atoms with Gasteiger partial charge in [-0.05, 0) is 21.6 Å². The molecule has 0 unspecified atom stereocenters. The molecule has 0 radical (unpaired) electrons. The maximum Gasteiger partial charge on any atom is 0.277 e. The summed E-state index contributed by atoms with van der Waals surface area (Å²) in [6.07, 6.45) is 0. The fraction of sp³-hybridized carbons (Fsp3) is 0. The average molecular weight is 186 g/mol. The highest BCUT2D eigenvalue weighted by molar-refractivity contribution is 8.79. The third-order valence-electron chi connectivity index (χ3n) is 0.332. The Hall–Kier alpha value is 0.740. The quantitative estimate of drug-likeness (QED) is 0.338. The molecule has 0 N–H and O–H groups in total. The van der Waals surface area contributed by atoms with E-state index < -0.39 is 10.2 Å².